The molecule has 326 valence electrons. The molecule has 1 fully saturated rings. The van der Waals surface area contributed by atoms with Crippen LogP contribution in [0.4, 0.5) is 0 Å². The number of allylic oxidation sites excluding steroid dienone is 2. The summed E-state index contributed by atoms with van der Waals surface area (Å²) in [5, 5.41) is 50.1. The molecule has 0 bridgehead atoms. The molecule has 0 aromatic carbocycles. The molecule has 1 rings (SSSR count). The average Bonchev–Trinajstić information content (AvgIpc) is 3.17. The smallest absolute Gasteiger partial charge is 0.457 e. The summed E-state index contributed by atoms with van der Waals surface area (Å²) >= 11 is 0. The molecular formula is C42H81O12P. The maximum atomic E-state index is 12.8. The van der Waals surface area contributed by atoms with Crippen LogP contribution in [0.5, 0.6) is 0 Å². The van der Waals surface area contributed by atoms with E-state index < -0.39 is 63.1 Å². The molecule has 1 aliphatic carbocycles. The summed E-state index contributed by atoms with van der Waals surface area (Å²) in [7, 11) is -5.01. The summed E-state index contributed by atoms with van der Waals surface area (Å²) < 4.78 is 34.1. The molecule has 0 aromatic rings. The number of hydrogen-bond acceptors (Lipinski definition) is 11. The highest BCUT2D eigenvalue weighted by atomic mass is 31.2. The lowest BCUT2D eigenvalue weighted by molar-refractivity contribution is -0.220. The van der Waals surface area contributed by atoms with Crippen LogP contribution in [-0.2, 0) is 27.9 Å². The number of phosphoric ester groups is 1. The third-order valence-corrected chi connectivity index (χ3v) is 11.4. The van der Waals surface area contributed by atoms with Crippen LogP contribution in [0, 0.1) is 0 Å². The standard InChI is InChI=1S/C42H81O12P/c1-3-5-7-9-11-13-15-17-19-21-23-25-27-29-31-36(43)53-35(33-51-32-30-28-26-24-22-20-18-16-14-12-10-8-6-4-2)34-52-55(49,50)54-42-40(47)38(45)37(44)39(46)41(42)48/h15,17,35,37-42,44-48H,3-14,16,18-34H2,1-2H3,(H,49,50)/b17-15-/t35-,37?,38-,39?,40?,41?,42?/m1/s1. The molecule has 1 saturated carbocycles. The zero-order chi connectivity index (χ0) is 40.6. The van der Waals surface area contributed by atoms with E-state index in [-0.39, 0.29) is 13.0 Å². The van der Waals surface area contributed by atoms with E-state index in [4.69, 9.17) is 18.5 Å². The predicted molar refractivity (Wildman–Crippen MR) is 217 cm³/mol. The number of hydrogen-bond donors (Lipinski definition) is 6. The number of aliphatic hydroxyl groups excluding tert-OH is 5. The number of rotatable bonds is 37. The van der Waals surface area contributed by atoms with Gasteiger partial charge in [-0.05, 0) is 38.5 Å². The first-order valence-electron chi connectivity index (χ1n) is 22.0. The van der Waals surface area contributed by atoms with Crippen molar-refractivity contribution in [3.63, 3.8) is 0 Å². The van der Waals surface area contributed by atoms with Crippen LogP contribution in [0.2, 0.25) is 0 Å². The first-order chi connectivity index (χ1) is 26.5. The van der Waals surface area contributed by atoms with Gasteiger partial charge >= 0.3 is 13.8 Å². The minimum atomic E-state index is -5.01. The van der Waals surface area contributed by atoms with Crippen LogP contribution in [0.15, 0.2) is 12.2 Å². The fourth-order valence-electron chi connectivity index (χ4n) is 6.82. The molecule has 0 aliphatic heterocycles. The highest BCUT2D eigenvalue weighted by Crippen LogP contribution is 2.47. The molecule has 0 heterocycles. The van der Waals surface area contributed by atoms with Gasteiger partial charge in [0.25, 0.3) is 0 Å². The third-order valence-electron chi connectivity index (χ3n) is 10.4. The van der Waals surface area contributed by atoms with Gasteiger partial charge in [-0.3, -0.25) is 13.8 Å². The summed E-state index contributed by atoms with van der Waals surface area (Å²) in [6.07, 6.45) is 22.8. The van der Waals surface area contributed by atoms with Gasteiger partial charge < -0.3 is 39.9 Å². The summed E-state index contributed by atoms with van der Waals surface area (Å²) in [5.74, 6) is -0.484. The minimum absolute atomic E-state index is 0.0747. The largest absolute Gasteiger partial charge is 0.472 e. The SMILES string of the molecule is CCCCCCC/C=C\CCCCCCCC(=O)O[C@H](COCCCCCCCCCCCCCCCC)COP(=O)(O)OC1C(O)C(O)C(O)[C@@H](O)C1O. The highest BCUT2D eigenvalue weighted by Gasteiger charge is 2.51. The first kappa shape index (κ1) is 52.1. The Morgan fingerprint density at radius 3 is 1.44 bits per heavy atom. The molecule has 8 atom stereocenters. The maximum absolute atomic E-state index is 12.8. The highest BCUT2D eigenvalue weighted by molar-refractivity contribution is 7.47. The fraction of sp³-hybridized carbons (Fsp3) is 0.929. The predicted octanol–water partition coefficient (Wildman–Crippen LogP) is 8.36. The number of phosphoric acid groups is 1. The Morgan fingerprint density at radius 2 is 0.964 bits per heavy atom. The van der Waals surface area contributed by atoms with Gasteiger partial charge in [0.15, 0.2) is 0 Å². The fourth-order valence-corrected chi connectivity index (χ4v) is 7.79. The van der Waals surface area contributed by atoms with Crippen molar-refractivity contribution in [2.75, 3.05) is 19.8 Å². The zero-order valence-electron chi connectivity index (χ0n) is 34.5. The Morgan fingerprint density at radius 1 is 0.564 bits per heavy atom. The van der Waals surface area contributed by atoms with Crippen molar-refractivity contribution in [2.45, 2.75) is 230 Å². The van der Waals surface area contributed by atoms with E-state index in [1.807, 2.05) is 0 Å². The molecule has 1 aliphatic rings. The molecule has 55 heavy (non-hydrogen) atoms. The van der Waals surface area contributed by atoms with E-state index in [1.54, 1.807) is 0 Å². The second kappa shape index (κ2) is 34.0. The summed E-state index contributed by atoms with van der Waals surface area (Å²) in [4.78, 5) is 23.1. The molecule has 0 spiro atoms. The maximum Gasteiger partial charge on any atom is 0.472 e. The van der Waals surface area contributed by atoms with Crippen LogP contribution in [0.1, 0.15) is 187 Å². The van der Waals surface area contributed by atoms with Crippen molar-refractivity contribution in [1.29, 1.82) is 0 Å². The van der Waals surface area contributed by atoms with Crippen molar-refractivity contribution in [3.8, 4) is 0 Å². The average molecular weight is 809 g/mol. The van der Waals surface area contributed by atoms with Crippen LogP contribution in [0.3, 0.4) is 0 Å². The van der Waals surface area contributed by atoms with E-state index in [0.717, 1.165) is 57.8 Å². The van der Waals surface area contributed by atoms with Crippen LogP contribution in [-0.4, -0.2) is 98.9 Å². The first-order valence-corrected chi connectivity index (χ1v) is 23.5. The van der Waals surface area contributed by atoms with Crippen molar-refractivity contribution in [3.05, 3.63) is 12.2 Å². The monoisotopic (exact) mass is 809 g/mol. The number of carbonyl (C=O) groups is 1. The van der Waals surface area contributed by atoms with Crippen molar-refractivity contribution >= 4 is 13.8 Å². The van der Waals surface area contributed by atoms with E-state index in [1.165, 1.54) is 103 Å². The van der Waals surface area contributed by atoms with Crippen molar-refractivity contribution in [1.82, 2.24) is 0 Å². The molecule has 0 aromatic heterocycles. The molecular weight excluding hydrogens is 727 g/mol. The molecule has 0 radical (unpaired) electrons. The topological polar surface area (TPSA) is 192 Å². The van der Waals surface area contributed by atoms with Crippen molar-refractivity contribution < 1.29 is 58.3 Å². The van der Waals surface area contributed by atoms with Gasteiger partial charge in [-0.25, -0.2) is 4.57 Å². The van der Waals surface area contributed by atoms with Gasteiger partial charge in [0.1, 0.15) is 42.7 Å². The van der Waals surface area contributed by atoms with E-state index >= 15 is 0 Å². The number of aliphatic hydroxyl groups is 5. The Hall–Kier alpha value is -0.920. The summed E-state index contributed by atoms with van der Waals surface area (Å²) in [5.41, 5.74) is 0. The number of ether oxygens (including phenoxy) is 2. The molecule has 6 N–H and O–H groups in total. The Balaban J connectivity index is 2.42. The van der Waals surface area contributed by atoms with Gasteiger partial charge in [-0.15, -0.1) is 0 Å². The number of esters is 1. The summed E-state index contributed by atoms with van der Waals surface area (Å²) in [6.45, 7) is 4.25. The van der Waals surface area contributed by atoms with E-state index in [2.05, 4.69) is 26.0 Å². The lowest BCUT2D eigenvalue weighted by atomic mass is 9.85. The summed E-state index contributed by atoms with van der Waals surface area (Å²) in [6, 6.07) is 0. The van der Waals surface area contributed by atoms with E-state index in [9.17, 15) is 39.8 Å². The Kier molecular flexibility index (Phi) is 32.2. The lowest BCUT2D eigenvalue weighted by Gasteiger charge is -2.41. The molecule has 0 saturated heterocycles. The minimum Gasteiger partial charge on any atom is -0.457 e. The molecule has 0 amide bonds. The van der Waals surface area contributed by atoms with E-state index in [0.29, 0.717) is 13.0 Å². The third kappa shape index (κ3) is 26.7. The van der Waals surface area contributed by atoms with Gasteiger partial charge in [0.2, 0.25) is 0 Å². The van der Waals surface area contributed by atoms with Gasteiger partial charge in [-0.2, -0.15) is 0 Å². The zero-order valence-corrected chi connectivity index (χ0v) is 35.4. The van der Waals surface area contributed by atoms with Gasteiger partial charge in [-0.1, -0.05) is 154 Å². The quantitative estimate of drug-likeness (QED) is 0.0152. The molecule has 12 nitrogen and oxygen atoms in total. The lowest BCUT2D eigenvalue weighted by Crippen LogP contribution is -2.64. The number of unbranched alkanes of at least 4 members (excludes halogenated alkanes) is 23. The van der Waals surface area contributed by atoms with Crippen LogP contribution < -0.4 is 0 Å². The number of carbonyl (C=O) groups excluding carboxylic acids is 1. The normalized spacial score (nSPS) is 23.3. The van der Waals surface area contributed by atoms with Crippen molar-refractivity contribution in [2.24, 2.45) is 0 Å². The van der Waals surface area contributed by atoms with Crippen LogP contribution >= 0.6 is 7.82 Å². The molecule has 6 unspecified atom stereocenters. The second-order valence-corrected chi connectivity index (χ2v) is 17.0. The Labute approximate surface area is 333 Å². The van der Waals surface area contributed by atoms with Gasteiger partial charge in [0, 0.05) is 13.0 Å². The van der Waals surface area contributed by atoms with Crippen LogP contribution in [0.25, 0.3) is 0 Å². The van der Waals surface area contributed by atoms with Gasteiger partial charge in [0.05, 0.1) is 13.2 Å². The molecule has 13 heteroatoms. The Bertz CT molecular complexity index is 968. The second-order valence-electron chi connectivity index (χ2n) is 15.6.